The van der Waals surface area contributed by atoms with Gasteiger partial charge in [-0.15, -0.1) is 0 Å². The Kier molecular flexibility index (Phi) is 5.13. The van der Waals surface area contributed by atoms with Gasteiger partial charge in [0.15, 0.2) is 5.58 Å². The number of hydrogen-bond donors (Lipinski definition) is 2. The summed E-state index contributed by atoms with van der Waals surface area (Å²) in [5.74, 6) is 0.510. The lowest BCUT2D eigenvalue weighted by Gasteiger charge is -2.35. The molecule has 24 heavy (non-hydrogen) atoms. The van der Waals surface area contributed by atoms with E-state index in [9.17, 15) is 4.79 Å². The highest BCUT2D eigenvalue weighted by Crippen LogP contribution is 2.31. The lowest BCUT2D eigenvalue weighted by molar-refractivity contribution is -0.130. The van der Waals surface area contributed by atoms with Gasteiger partial charge in [0.25, 0.3) is 0 Å². The monoisotopic (exact) mass is 333 g/mol. The highest BCUT2D eigenvalue weighted by molar-refractivity contribution is 5.97. The van der Waals surface area contributed by atoms with Crippen molar-refractivity contribution >= 4 is 22.7 Å². The fraction of sp³-hybridized carbons (Fsp3) is 0.529. The average Bonchev–Trinajstić information content (AvgIpc) is 2.98. The van der Waals surface area contributed by atoms with Crippen LogP contribution in [-0.2, 0) is 20.9 Å². The number of rotatable bonds is 6. The van der Waals surface area contributed by atoms with Crippen molar-refractivity contribution in [2.75, 3.05) is 39.2 Å². The first-order chi connectivity index (χ1) is 11.7. The fourth-order valence-corrected chi connectivity index (χ4v) is 3.12. The Labute approximate surface area is 140 Å². The molecule has 1 aliphatic heterocycles. The van der Waals surface area contributed by atoms with E-state index in [2.05, 4.69) is 15.6 Å². The zero-order valence-electron chi connectivity index (χ0n) is 14.1. The van der Waals surface area contributed by atoms with E-state index in [0.29, 0.717) is 35.9 Å². The Balaban J connectivity index is 1.78. The van der Waals surface area contributed by atoms with Crippen molar-refractivity contribution < 1.29 is 18.7 Å². The Morgan fingerprint density at radius 2 is 2.12 bits per heavy atom. The predicted molar refractivity (Wildman–Crippen MR) is 89.8 cm³/mol. The number of methoxy groups -OCH3 is 2. The van der Waals surface area contributed by atoms with Crippen LogP contribution in [0.5, 0.6) is 0 Å². The zero-order chi connectivity index (χ0) is 17.0. The number of carbonyl (C=O) groups excluding carboxylic acids is 1. The molecular weight excluding hydrogens is 310 g/mol. The van der Waals surface area contributed by atoms with Crippen molar-refractivity contribution in [2.24, 2.45) is 5.41 Å². The molecule has 130 valence electrons. The summed E-state index contributed by atoms with van der Waals surface area (Å²) in [5.41, 5.74) is 1.60. The van der Waals surface area contributed by atoms with Crippen molar-refractivity contribution in [3.05, 3.63) is 24.1 Å². The minimum atomic E-state index is -0.486. The summed E-state index contributed by atoms with van der Waals surface area (Å²) >= 11 is 0. The molecule has 1 aromatic carbocycles. The summed E-state index contributed by atoms with van der Waals surface area (Å²) < 4.78 is 15.9. The second-order valence-electron chi connectivity index (χ2n) is 6.14. The van der Waals surface area contributed by atoms with E-state index in [0.717, 1.165) is 25.9 Å². The molecule has 0 saturated carbocycles. The molecule has 0 spiro atoms. The number of carbonyl (C=O) groups is 1. The molecule has 0 atom stereocenters. The van der Waals surface area contributed by atoms with Crippen LogP contribution in [0.25, 0.3) is 11.1 Å². The molecule has 0 unspecified atom stereocenters. The Morgan fingerprint density at radius 1 is 1.33 bits per heavy atom. The van der Waals surface area contributed by atoms with Crippen molar-refractivity contribution in [3.63, 3.8) is 0 Å². The summed E-state index contributed by atoms with van der Waals surface area (Å²) in [7, 11) is 3.23. The van der Waals surface area contributed by atoms with Gasteiger partial charge in [0.05, 0.1) is 12.0 Å². The van der Waals surface area contributed by atoms with Crippen LogP contribution in [-0.4, -0.2) is 44.8 Å². The van der Waals surface area contributed by atoms with Gasteiger partial charge in [-0.25, -0.2) is 4.98 Å². The molecule has 0 aliphatic carbocycles. The first-order valence-electron chi connectivity index (χ1n) is 8.06. The molecule has 7 heteroatoms. The molecule has 1 saturated heterocycles. The van der Waals surface area contributed by atoms with Gasteiger partial charge in [0.2, 0.25) is 11.8 Å². The Bertz CT molecular complexity index is 701. The average molecular weight is 333 g/mol. The molecule has 1 aliphatic rings. The number of amides is 1. The summed E-state index contributed by atoms with van der Waals surface area (Å²) in [4.78, 5) is 17.2. The number of piperidine rings is 1. The van der Waals surface area contributed by atoms with Crippen molar-refractivity contribution in [3.8, 4) is 0 Å². The molecule has 2 N–H and O–H groups in total. The van der Waals surface area contributed by atoms with Gasteiger partial charge < -0.3 is 24.5 Å². The van der Waals surface area contributed by atoms with Crippen LogP contribution in [0.1, 0.15) is 18.7 Å². The number of fused-ring (bicyclic) bond motifs is 1. The van der Waals surface area contributed by atoms with Crippen LogP contribution in [0, 0.1) is 5.41 Å². The zero-order valence-corrected chi connectivity index (χ0v) is 14.1. The van der Waals surface area contributed by atoms with Crippen LogP contribution < -0.4 is 10.6 Å². The maximum absolute atomic E-state index is 12.8. The van der Waals surface area contributed by atoms with E-state index in [-0.39, 0.29) is 5.91 Å². The number of aromatic nitrogens is 1. The van der Waals surface area contributed by atoms with Crippen molar-refractivity contribution in [2.45, 2.75) is 19.4 Å². The molecule has 1 amide bonds. The topological polar surface area (TPSA) is 85.6 Å². The van der Waals surface area contributed by atoms with Crippen molar-refractivity contribution in [1.29, 1.82) is 0 Å². The van der Waals surface area contributed by atoms with Gasteiger partial charge in [-0.2, -0.15) is 0 Å². The van der Waals surface area contributed by atoms with Crippen molar-refractivity contribution in [1.82, 2.24) is 10.3 Å². The van der Waals surface area contributed by atoms with E-state index >= 15 is 0 Å². The first kappa shape index (κ1) is 16.9. The van der Waals surface area contributed by atoms with Crippen LogP contribution >= 0.6 is 0 Å². The summed E-state index contributed by atoms with van der Waals surface area (Å²) in [5, 5.41) is 6.30. The number of hydrogen-bond acceptors (Lipinski definition) is 6. The van der Waals surface area contributed by atoms with Crippen LogP contribution in [0.3, 0.4) is 0 Å². The number of benzene rings is 1. The lowest BCUT2D eigenvalue weighted by Crippen LogP contribution is -2.47. The van der Waals surface area contributed by atoms with Gasteiger partial charge >= 0.3 is 0 Å². The van der Waals surface area contributed by atoms with Gasteiger partial charge in [0.1, 0.15) is 12.1 Å². The highest BCUT2D eigenvalue weighted by Gasteiger charge is 2.39. The summed E-state index contributed by atoms with van der Waals surface area (Å²) in [6.45, 7) is 2.38. The maximum Gasteiger partial charge on any atom is 0.233 e. The van der Waals surface area contributed by atoms with Crippen LogP contribution in [0.2, 0.25) is 0 Å². The van der Waals surface area contributed by atoms with Gasteiger partial charge in [-0.3, -0.25) is 4.79 Å². The second-order valence-corrected chi connectivity index (χ2v) is 6.14. The Morgan fingerprint density at radius 3 is 2.83 bits per heavy atom. The van der Waals surface area contributed by atoms with E-state index in [1.54, 1.807) is 14.2 Å². The van der Waals surface area contributed by atoms with Crippen LogP contribution in [0.4, 0.5) is 5.69 Å². The fourth-order valence-electron chi connectivity index (χ4n) is 3.12. The summed E-state index contributed by atoms with van der Waals surface area (Å²) in [6.07, 6.45) is 1.52. The molecule has 1 fully saturated rings. The highest BCUT2D eigenvalue weighted by atomic mass is 16.5. The minimum absolute atomic E-state index is 0.00851. The third kappa shape index (κ3) is 3.43. The van der Waals surface area contributed by atoms with E-state index in [1.165, 1.54) is 0 Å². The normalized spacial score (nSPS) is 17.1. The molecule has 0 bridgehead atoms. The number of oxazole rings is 1. The standard InChI is InChI=1S/C17H23N3O4/c1-22-10-15-20-13-9-12(3-4-14(13)24-15)19-16(21)17(11-23-2)5-7-18-8-6-17/h3-4,9,18H,5-8,10-11H2,1-2H3,(H,19,21). The molecule has 7 nitrogen and oxygen atoms in total. The minimum Gasteiger partial charge on any atom is -0.438 e. The predicted octanol–water partition coefficient (Wildman–Crippen LogP) is 1.93. The van der Waals surface area contributed by atoms with Crippen LogP contribution in [0.15, 0.2) is 22.6 Å². The van der Waals surface area contributed by atoms with E-state index in [4.69, 9.17) is 13.9 Å². The van der Waals surface area contributed by atoms with E-state index < -0.39 is 5.41 Å². The quantitative estimate of drug-likeness (QED) is 0.840. The molecule has 3 rings (SSSR count). The molecular formula is C17H23N3O4. The number of nitrogens with one attached hydrogen (secondary N) is 2. The van der Waals surface area contributed by atoms with E-state index in [1.807, 2.05) is 18.2 Å². The first-order valence-corrected chi connectivity index (χ1v) is 8.06. The van der Waals surface area contributed by atoms with Gasteiger partial charge in [-0.1, -0.05) is 0 Å². The number of ether oxygens (including phenoxy) is 2. The molecule has 2 heterocycles. The smallest absolute Gasteiger partial charge is 0.233 e. The maximum atomic E-state index is 12.8. The SMILES string of the molecule is COCc1nc2cc(NC(=O)C3(COC)CCNCC3)ccc2o1. The third-order valence-corrected chi connectivity index (χ3v) is 4.42. The largest absolute Gasteiger partial charge is 0.438 e. The van der Waals surface area contributed by atoms with Gasteiger partial charge in [-0.05, 0) is 44.1 Å². The third-order valence-electron chi connectivity index (χ3n) is 4.42. The molecule has 2 aromatic rings. The Hall–Kier alpha value is -1.96. The summed E-state index contributed by atoms with van der Waals surface area (Å²) in [6, 6.07) is 5.45. The second kappa shape index (κ2) is 7.29. The lowest BCUT2D eigenvalue weighted by atomic mass is 9.78. The van der Waals surface area contributed by atoms with Gasteiger partial charge in [0, 0.05) is 19.9 Å². The number of nitrogens with zero attached hydrogens (tertiary/aromatic N) is 1. The molecule has 0 radical (unpaired) electrons. The number of anilines is 1. The molecule has 1 aromatic heterocycles.